The summed E-state index contributed by atoms with van der Waals surface area (Å²) < 4.78 is 6.40. The van der Waals surface area contributed by atoms with Gasteiger partial charge in [0.1, 0.15) is 11.0 Å². The number of hydrogen-bond donors (Lipinski definition) is 0. The molecule has 1 aliphatic carbocycles. The van der Waals surface area contributed by atoms with E-state index >= 15 is 0 Å². The smallest absolute Gasteiger partial charge is 0.135 e. The van der Waals surface area contributed by atoms with E-state index in [4.69, 9.17) is 4.42 Å². The SMILES string of the molecule is C=c1/c(=C\c2c(C)ccc3c2-c2cc(-c4cccc(-c5c6ccccc6c(-c6ccc7ccccc7c6)c6ccccc56)c4)ccc2C3(C)C)oc2ccccc12. The molecular formula is C56H40O. The Morgan fingerprint density at radius 1 is 0.474 bits per heavy atom. The van der Waals surface area contributed by atoms with Gasteiger partial charge in [0.15, 0.2) is 0 Å². The molecule has 0 fully saturated rings. The third-order valence-corrected chi connectivity index (χ3v) is 12.6. The molecule has 0 saturated carbocycles. The summed E-state index contributed by atoms with van der Waals surface area (Å²) in [5.74, 6) is 0. The molecule has 11 rings (SSSR count). The van der Waals surface area contributed by atoms with Crippen molar-refractivity contribution in [1.82, 2.24) is 0 Å². The summed E-state index contributed by atoms with van der Waals surface area (Å²) in [7, 11) is 0. The predicted octanol–water partition coefficient (Wildman–Crippen LogP) is 13.7. The molecule has 0 saturated heterocycles. The number of fused-ring (bicyclic) bond motifs is 7. The van der Waals surface area contributed by atoms with Gasteiger partial charge in [-0.2, -0.15) is 0 Å². The second-order valence-electron chi connectivity index (χ2n) is 16.2. The first-order valence-corrected chi connectivity index (χ1v) is 19.9. The molecule has 1 aromatic heterocycles. The van der Waals surface area contributed by atoms with Gasteiger partial charge in [-0.3, -0.25) is 0 Å². The minimum Gasteiger partial charge on any atom is -0.456 e. The van der Waals surface area contributed by atoms with Crippen LogP contribution in [0.15, 0.2) is 174 Å². The van der Waals surface area contributed by atoms with Gasteiger partial charge in [-0.1, -0.05) is 166 Å². The van der Waals surface area contributed by atoms with E-state index in [-0.39, 0.29) is 5.41 Å². The van der Waals surface area contributed by atoms with Crippen LogP contribution in [-0.4, -0.2) is 0 Å². The minimum absolute atomic E-state index is 0.146. The van der Waals surface area contributed by atoms with Gasteiger partial charge in [0, 0.05) is 16.0 Å². The molecule has 1 heteroatoms. The Bertz CT molecular complexity index is 3350. The van der Waals surface area contributed by atoms with E-state index in [2.05, 4.69) is 185 Å². The fourth-order valence-corrected chi connectivity index (χ4v) is 9.66. The highest BCUT2D eigenvalue weighted by Gasteiger charge is 2.37. The molecule has 1 nitrogen and oxygen atoms in total. The van der Waals surface area contributed by atoms with Crippen molar-refractivity contribution in [3.8, 4) is 44.5 Å². The molecule has 0 unspecified atom stereocenters. The highest BCUT2D eigenvalue weighted by Crippen LogP contribution is 2.52. The fourth-order valence-electron chi connectivity index (χ4n) is 9.66. The first-order chi connectivity index (χ1) is 27.8. The van der Waals surface area contributed by atoms with Gasteiger partial charge in [0.05, 0.1) is 0 Å². The Hall–Kier alpha value is -6.96. The number of para-hydroxylation sites is 1. The summed E-state index contributed by atoms with van der Waals surface area (Å²) in [6, 6.07) is 62.3. The molecule has 1 heterocycles. The number of aryl methyl sites for hydroxylation is 1. The monoisotopic (exact) mass is 728 g/mol. The van der Waals surface area contributed by atoms with E-state index in [0.29, 0.717) is 0 Å². The van der Waals surface area contributed by atoms with Crippen molar-refractivity contribution in [2.45, 2.75) is 26.2 Å². The van der Waals surface area contributed by atoms with Crippen molar-refractivity contribution in [3.05, 3.63) is 203 Å². The summed E-state index contributed by atoms with van der Waals surface area (Å²) in [6.07, 6.45) is 2.22. The molecule has 0 amide bonds. The lowest BCUT2D eigenvalue weighted by Crippen LogP contribution is -2.18. The Kier molecular flexibility index (Phi) is 7.34. The summed E-state index contributed by atoms with van der Waals surface area (Å²) in [6.45, 7) is 11.3. The first-order valence-electron chi connectivity index (χ1n) is 19.9. The van der Waals surface area contributed by atoms with Crippen molar-refractivity contribution in [2.24, 2.45) is 0 Å². The third-order valence-electron chi connectivity index (χ3n) is 12.6. The van der Waals surface area contributed by atoms with Gasteiger partial charge >= 0.3 is 0 Å². The van der Waals surface area contributed by atoms with Crippen LogP contribution in [0.5, 0.6) is 0 Å². The zero-order chi connectivity index (χ0) is 38.4. The number of rotatable bonds is 4. The molecule has 0 spiro atoms. The molecule has 10 aromatic rings. The van der Waals surface area contributed by atoms with Crippen molar-refractivity contribution >= 4 is 55.9 Å². The largest absolute Gasteiger partial charge is 0.456 e. The van der Waals surface area contributed by atoms with Crippen molar-refractivity contribution < 1.29 is 4.42 Å². The minimum atomic E-state index is -0.146. The predicted molar refractivity (Wildman–Crippen MR) is 242 cm³/mol. The van der Waals surface area contributed by atoms with Gasteiger partial charge in [-0.15, -0.1) is 0 Å². The van der Waals surface area contributed by atoms with Crippen LogP contribution in [0.4, 0.5) is 0 Å². The molecule has 57 heavy (non-hydrogen) atoms. The van der Waals surface area contributed by atoms with E-state index in [9.17, 15) is 0 Å². The maximum atomic E-state index is 6.40. The zero-order valence-electron chi connectivity index (χ0n) is 32.4. The fraction of sp³-hybridized carbons (Fsp3) is 0.0714. The molecule has 1 aliphatic rings. The van der Waals surface area contributed by atoms with Crippen LogP contribution in [0.3, 0.4) is 0 Å². The Morgan fingerprint density at radius 3 is 1.74 bits per heavy atom. The summed E-state index contributed by atoms with van der Waals surface area (Å²) in [5.41, 5.74) is 16.6. The van der Waals surface area contributed by atoms with Gasteiger partial charge in [-0.05, 0) is 136 Å². The van der Waals surface area contributed by atoms with Gasteiger partial charge in [0.25, 0.3) is 0 Å². The maximum Gasteiger partial charge on any atom is 0.135 e. The number of benzene rings is 9. The molecule has 0 bridgehead atoms. The van der Waals surface area contributed by atoms with Crippen LogP contribution in [-0.2, 0) is 5.41 Å². The zero-order valence-corrected chi connectivity index (χ0v) is 32.4. The third kappa shape index (κ3) is 5.09. The maximum absolute atomic E-state index is 6.40. The Balaban J connectivity index is 1.09. The second-order valence-corrected chi connectivity index (χ2v) is 16.2. The molecular weight excluding hydrogens is 689 g/mol. The first kappa shape index (κ1) is 33.4. The summed E-state index contributed by atoms with van der Waals surface area (Å²) in [5, 5.41) is 9.53. The second kappa shape index (κ2) is 12.5. The van der Waals surface area contributed by atoms with E-state index in [0.717, 1.165) is 21.6 Å². The molecule has 270 valence electrons. The van der Waals surface area contributed by atoms with Gasteiger partial charge in [-0.25, -0.2) is 0 Å². The molecule has 0 atom stereocenters. The van der Waals surface area contributed by atoms with Gasteiger partial charge in [0.2, 0.25) is 0 Å². The average molecular weight is 729 g/mol. The lowest BCUT2D eigenvalue weighted by molar-refractivity contribution is 0.575. The quantitative estimate of drug-likeness (QED) is 0.165. The van der Waals surface area contributed by atoms with Gasteiger partial charge < -0.3 is 4.42 Å². The average Bonchev–Trinajstić information content (AvgIpc) is 3.68. The lowest BCUT2D eigenvalue weighted by atomic mass is 9.81. The normalized spacial score (nSPS) is 13.5. The summed E-state index contributed by atoms with van der Waals surface area (Å²) >= 11 is 0. The summed E-state index contributed by atoms with van der Waals surface area (Å²) in [4.78, 5) is 0. The molecule has 0 N–H and O–H groups in total. The Morgan fingerprint density at radius 2 is 1.04 bits per heavy atom. The van der Waals surface area contributed by atoms with E-state index in [1.54, 1.807) is 0 Å². The van der Waals surface area contributed by atoms with Crippen LogP contribution in [0.1, 0.15) is 36.1 Å². The Labute approximate surface area is 332 Å². The number of furan rings is 1. The topological polar surface area (TPSA) is 13.1 Å². The van der Waals surface area contributed by atoms with Crippen LogP contribution in [0, 0.1) is 6.92 Å². The lowest BCUT2D eigenvalue weighted by Gasteiger charge is -2.22. The van der Waals surface area contributed by atoms with Crippen LogP contribution < -0.4 is 10.6 Å². The van der Waals surface area contributed by atoms with Crippen molar-refractivity contribution in [3.63, 3.8) is 0 Å². The highest BCUT2D eigenvalue weighted by molar-refractivity contribution is 6.21. The number of hydrogen-bond acceptors (Lipinski definition) is 1. The standard InChI is InChI=1S/C56H40O/c1-34-24-28-50-55(47(34)33-52-35(2)42-18-11-12-23-51(42)57-52)48-32-39(27-29-49(48)56(50,3)4)38-16-13-17-40(31-38)53-43-19-7-9-21-45(43)54(46-22-10-8-20-44(46)53)41-26-25-36-14-5-6-15-37(36)30-41/h5-33H,2H2,1,3-4H3/b52-33+. The van der Waals surface area contributed by atoms with Crippen molar-refractivity contribution in [1.29, 1.82) is 0 Å². The van der Waals surface area contributed by atoms with Crippen LogP contribution in [0.2, 0.25) is 0 Å². The van der Waals surface area contributed by atoms with E-state index < -0.39 is 0 Å². The van der Waals surface area contributed by atoms with Crippen LogP contribution >= 0.6 is 0 Å². The van der Waals surface area contributed by atoms with Crippen molar-refractivity contribution in [2.75, 3.05) is 0 Å². The molecule has 0 aliphatic heterocycles. The van der Waals surface area contributed by atoms with E-state index in [1.807, 2.05) is 18.2 Å². The molecule has 0 radical (unpaired) electrons. The van der Waals surface area contributed by atoms with E-state index in [1.165, 1.54) is 99.1 Å². The molecule has 9 aromatic carbocycles. The van der Waals surface area contributed by atoms with Crippen LogP contribution in [0.25, 0.3) is 100 Å². The highest BCUT2D eigenvalue weighted by atomic mass is 16.3.